The smallest absolute Gasteiger partial charge is 0.131 e. The van der Waals surface area contributed by atoms with Crippen LogP contribution in [0.2, 0.25) is 0 Å². The minimum atomic E-state index is -0.449. The molecule has 0 radical (unpaired) electrons. The molecule has 3 aliphatic rings. The Morgan fingerprint density at radius 2 is 2.04 bits per heavy atom. The molecule has 5 rings (SSSR count). The molecule has 1 aromatic carbocycles. The van der Waals surface area contributed by atoms with E-state index >= 15 is 0 Å². The maximum Gasteiger partial charge on any atom is 0.131 e. The maximum absolute atomic E-state index is 11.0. The van der Waals surface area contributed by atoms with Crippen molar-refractivity contribution in [2.45, 2.75) is 57.5 Å². The summed E-state index contributed by atoms with van der Waals surface area (Å²) in [5.41, 5.74) is 3.92. The van der Waals surface area contributed by atoms with Crippen molar-refractivity contribution >= 4 is 10.9 Å². The summed E-state index contributed by atoms with van der Waals surface area (Å²) in [4.78, 5) is 2.30. The van der Waals surface area contributed by atoms with Crippen molar-refractivity contribution in [2.24, 2.45) is 5.41 Å². The first-order valence-corrected chi connectivity index (χ1v) is 8.90. The topological polar surface area (TPSA) is 48.6 Å². The minimum Gasteiger partial charge on any atom is -0.378 e. The fraction of sp³-hybridized carbons (Fsp3) is 0.579. The monoisotopic (exact) mass is 312 g/mol. The molecule has 2 N–H and O–H groups in total. The third-order valence-corrected chi connectivity index (χ3v) is 6.72. The van der Waals surface area contributed by atoms with Crippen molar-refractivity contribution < 1.29 is 10.2 Å². The van der Waals surface area contributed by atoms with E-state index < -0.39 is 6.23 Å². The van der Waals surface area contributed by atoms with Gasteiger partial charge >= 0.3 is 0 Å². The fourth-order valence-electron chi connectivity index (χ4n) is 5.62. The number of benzene rings is 1. The molecule has 4 heteroatoms. The van der Waals surface area contributed by atoms with E-state index in [1.807, 2.05) is 0 Å². The molecule has 1 aromatic heterocycles. The largest absolute Gasteiger partial charge is 0.378 e. The van der Waals surface area contributed by atoms with Gasteiger partial charge in [0.15, 0.2) is 0 Å². The number of nitrogens with zero attached hydrogens (tertiary/aromatic N) is 2. The highest BCUT2D eigenvalue weighted by Crippen LogP contribution is 2.59. The van der Waals surface area contributed by atoms with E-state index in [0.717, 1.165) is 44.2 Å². The Balaban J connectivity index is 1.84. The van der Waals surface area contributed by atoms with Gasteiger partial charge in [0, 0.05) is 17.6 Å². The first-order chi connectivity index (χ1) is 11.2. The van der Waals surface area contributed by atoms with E-state index in [0.29, 0.717) is 0 Å². The molecule has 2 aromatic rings. The van der Waals surface area contributed by atoms with Crippen LogP contribution in [0.1, 0.15) is 56.1 Å². The van der Waals surface area contributed by atoms with Gasteiger partial charge < -0.3 is 14.8 Å². The number of fused-ring (bicyclic) bond motifs is 3. The van der Waals surface area contributed by atoms with Gasteiger partial charge in [-0.15, -0.1) is 0 Å². The average molecular weight is 312 g/mol. The number of aromatic nitrogens is 1. The number of para-hydroxylation sites is 1. The van der Waals surface area contributed by atoms with Crippen molar-refractivity contribution in [2.75, 3.05) is 6.54 Å². The maximum atomic E-state index is 11.0. The lowest BCUT2D eigenvalue weighted by Crippen LogP contribution is -2.56. The lowest BCUT2D eigenvalue weighted by molar-refractivity contribution is -0.153. The van der Waals surface area contributed by atoms with Crippen LogP contribution in [-0.2, 0) is 6.42 Å². The van der Waals surface area contributed by atoms with Gasteiger partial charge in [-0.25, -0.2) is 0 Å². The Hall–Kier alpha value is -1.36. The van der Waals surface area contributed by atoms with Crippen LogP contribution in [0.4, 0.5) is 0 Å². The van der Waals surface area contributed by atoms with E-state index in [-0.39, 0.29) is 17.7 Å². The number of rotatable bonds is 1. The van der Waals surface area contributed by atoms with Crippen molar-refractivity contribution in [3.05, 3.63) is 35.5 Å². The number of hydrogen-bond donors (Lipinski definition) is 2. The van der Waals surface area contributed by atoms with E-state index in [1.165, 1.54) is 16.6 Å². The molecule has 122 valence electrons. The Kier molecular flexibility index (Phi) is 2.80. The Morgan fingerprint density at radius 1 is 1.22 bits per heavy atom. The van der Waals surface area contributed by atoms with Crippen LogP contribution in [0.15, 0.2) is 24.3 Å². The standard InChI is InChI=1S/C19H24N2O2/c1-2-19-9-7-15(22)20-10-8-13-12-5-3-4-6-14(12)21(16(23)11-19)17(13)18(19)20/h3-6,15-16,18,22-23H,2,7-11H2,1H3/t15-,16-,18+,19-/m1/s1. The summed E-state index contributed by atoms with van der Waals surface area (Å²) in [6.07, 6.45) is 3.85. The van der Waals surface area contributed by atoms with Gasteiger partial charge in [0.25, 0.3) is 0 Å². The molecule has 3 aliphatic heterocycles. The normalized spacial score (nSPS) is 36.2. The molecule has 0 amide bonds. The van der Waals surface area contributed by atoms with E-state index in [4.69, 9.17) is 0 Å². The molecule has 4 nitrogen and oxygen atoms in total. The molecule has 0 unspecified atom stereocenters. The minimum absolute atomic E-state index is 0.0954. The molecule has 0 saturated carbocycles. The van der Waals surface area contributed by atoms with Gasteiger partial charge in [-0.1, -0.05) is 25.1 Å². The van der Waals surface area contributed by atoms with E-state index in [2.05, 4.69) is 40.7 Å². The molecular weight excluding hydrogens is 288 g/mol. The summed E-state index contributed by atoms with van der Waals surface area (Å²) in [5, 5.41) is 22.8. The first kappa shape index (κ1) is 14.0. The number of piperidine rings is 1. The number of hydrogen-bond acceptors (Lipinski definition) is 3. The van der Waals surface area contributed by atoms with E-state index in [9.17, 15) is 10.2 Å². The Labute approximate surface area is 136 Å². The summed E-state index contributed by atoms with van der Waals surface area (Å²) < 4.78 is 2.16. The van der Waals surface area contributed by atoms with Crippen molar-refractivity contribution in [3.8, 4) is 0 Å². The molecule has 0 bridgehead atoms. The van der Waals surface area contributed by atoms with Gasteiger partial charge in [-0.05, 0) is 49.1 Å². The van der Waals surface area contributed by atoms with Crippen LogP contribution in [0.25, 0.3) is 10.9 Å². The third-order valence-electron chi connectivity index (χ3n) is 6.72. The molecular formula is C19H24N2O2. The molecule has 0 aliphatic carbocycles. The zero-order chi connectivity index (χ0) is 15.8. The van der Waals surface area contributed by atoms with Crippen LogP contribution in [-0.4, -0.2) is 32.5 Å². The zero-order valence-electron chi connectivity index (χ0n) is 13.6. The highest BCUT2D eigenvalue weighted by Gasteiger charge is 2.54. The van der Waals surface area contributed by atoms with Crippen LogP contribution < -0.4 is 0 Å². The number of aliphatic hydroxyl groups excluding tert-OH is 2. The third kappa shape index (κ3) is 1.61. The molecule has 4 heterocycles. The van der Waals surface area contributed by atoms with Crippen molar-refractivity contribution in [1.82, 2.24) is 9.47 Å². The lowest BCUT2D eigenvalue weighted by atomic mass is 9.64. The number of aliphatic hydroxyl groups is 2. The van der Waals surface area contributed by atoms with Crippen molar-refractivity contribution in [3.63, 3.8) is 0 Å². The predicted molar refractivity (Wildman–Crippen MR) is 88.9 cm³/mol. The van der Waals surface area contributed by atoms with E-state index in [1.54, 1.807) is 0 Å². The molecule has 23 heavy (non-hydrogen) atoms. The van der Waals surface area contributed by atoms with Gasteiger partial charge in [0.2, 0.25) is 0 Å². The van der Waals surface area contributed by atoms with Gasteiger partial charge in [-0.3, -0.25) is 4.90 Å². The fourth-order valence-corrected chi connectivity index (χ4v) is 5.62. The Bertz CT molecular complexity index is 783. The lowest BCUT2D eigenvalue weighted by Gasteiger charge is -2.57. The van der Waals surface area contributed by atoms with Gasteiger partial charge in [-0.2, -0.15) is 0 Å². The summed E-state index contributed by atoms with van der Waals surface area (Å²) in [6, 6.07) is 8.70. The summed E-state index contributed by atoms with van der Waals surface area (Å²) in [7, 11) is 0. The SMILES string of the molecule is CC[C@@]12CC[C@@H](O)N3CCc4c(n(c5ccccc45)[C@H](O)C1)[C@H]32. The predicted octanol–water partition coefficient (Wildman–Crippen LogP) is 2.94. The molecule has 0 spiro atoms. The first-order valence-electron chi connectivity index (χ1n) is 8.90. The molecule has 1 saturated heterocycles. The van der Waals surface area contributed by atoms with Crippen LogP contribution in [0.5, 0.6) is 0 Å². The van der Waals surface area contributed by atoms with Gasteiger partial charge in [0.1, 0.15) is 12.5 Å². The second-order valence-corrected chi connectivity index (χ2v) is 7.56. The van der Waals surface area contributed by atoms with Crippen LogP contribution >= 0.6 is 0 Å². The second kappa shape index (κ2) is 4.59. The van der Waals surface area contributed by atoms with Crippen LogP contribution in [0, 0.1) is 5.41 Å². The van der Waals surface area contributed by atoms with Gasteiger partial charge in [0.05, 0.1) is 11.6 Å². The van der Waals surface area contributed by atoms with Crippen molar-refractivity contribution in [1.29, 1.82) is 0 Å². The highest BCUT2D eigenvalue weighted by molar-refractivity contribution is 5.86. The molecule has 1 fully saturated rings. The second-order valence-electron chi connectivity index (χ2n) is 7.56. The zero-order valence-corrected chi connectivity index (χ0v) is 13.6. The highest BCUT2D eigenvalue weighted by atomic mass is 16.3. The molecule has 4 atom stereocenters. The Morgan fingerprint density at radius 3 is 2.87 bits per heavy atom. The summed E-state index contributed by atoms with van der Waals surface area (Å²) in [5.74, 6) is 0. The summed E-state index contributed by atoms with van der Waals surface area (Å²) in [6.45, 7) is 3.17. The summed E-state index contributed by atoms with van der Waals surface area (Å²) >= 11 is 0. The average Bonchev–Trinajstić information content (AvgIpc) is 2.92. The van der Waals surface area contributed by atoms with Crippen LogP contribution in [0.3, 0.4) is 0 Å². The quantitative estimate of drug-likeness (QED) is 0.851.